The molecule has 0 saturated carbocycles. The number of rotatable bonds is 29. The summed E-state index contributed by atoms with van der Waals surface area (Å²) in [6, 6.07) is 16.9. The normalized spacial score (nSPS) is 13.9. The number of nitrogens with zero attached hydrogens (tertiary/aromatic N) is 2. The lowest BCUT2D eigenvalue weighted by atomic mass is 9.92. The van der Waals surface area contributed by atoms with E-state index in [-0.39, 0.29) is 65.6 Å². The molecule has 0 aliphatic carbocycles. The first-order valence-electron chi connectivity index (χ1n) is 24.0. The molecule has 0 spiro atoms. The number of carboxylic acid groups (broad SMARTS) is 2. The lowest BCUT2D eigenvalue weighted by Crippen LogP contribution is -2.38. The largest absolute Gasteiger partial charge is 0.488 e. The van der Waals surface area contributed by atoms with Crippen LogP contribution in [0.5, 0.6) is 23.0 Å². The Balaban J connectivity index is 1.41. The van der Waals surface area contributed by atoms with Crippen LogP contribution in [0.4, 0.5) is 0 Å². The molecule has 0 saturated heterocycles. The Labute approximate surface area is 456 Å². The van der Waals surface area contributed by atoms with Crippen molar-refractivity contribution in [2.75, 3.05) is 40.5 Å². The molecule has 6 N–H and O–H groups in total. The van der Waals surface area contributed by atoms with Crippen molar-refractivity contribution in [1.82, 2.24) is 9.80 Å². The Bertz CT molecular complexity index is 2990. The summed E-state index contributed by atoms with van der Waals surface area (Å²) in [5, 5.41) is 55.5. The van der Waals surface area contributed by atoms with Crippen LogP contribution in [0.25, 0.3) is 11.1 Å². The fourth-order valence-electron chi connectivity index (χ4n) is 8.42. The SMILES string of the molecule is C=C/C(=C\C(=C/C)C(C)=N)COc1cc(OCc2cccc(-c3cccc(COc4cc(OCC5=CI(=C)=CC(C=N)=C5)c(CN(C)[C@@H](CCO)C(=O)O)cc4Cl)c3C)c2C)c(Cl)cc1CN(C)[C@@H](CCO)C(=O)O. The molecule has 17 heteroatoms. The van der Waals surface area contributed by atoms with E-state index in [9.17, 15) is 30.0 Å². The van der Waals surface area contributed by atoms with Gasteiger partial charge in [0.15, 0.2) is 0 Å². The molecule has 5 rings (SSSR count). The molecular weight excluding hydrogens is 1110 g/mol. The number of likely N-dealkylation sites (N-methyl/N-ethyl adjacent to an activating group) is 2. The van der Waals surface area contributed by atoms with E-state index in [2.05, 4.69) is 15.2 Å². The molecule has 1 heterocycles. The number of aliphatic hydroxyl groups is 2. The predicted octanol–water partition coefficient (Wildman–Crippen LogP) is 11.0. The number of benzene rings is 4. The molecule has 1 aliphatic rings. The Hall–Kier alpha value is -6.05. The predicted molar refractivity (Wildman–Crippen MR) is 311 cm³/mol. The molecule has 1 aliphatic heterocycles. The first-order valence-corrected chi connectivity index (χ1v) is 28.8. The summed E-state index contributed by atoms with van der Waals surface area (Å²) in [4.78, 5) is 27.5. The smallest absolute Gasteiger partial charge is 0.321 e. The molecule has 75 heavy (non-hydrogen) atoms. The highest BCUT2D eigenvalue weighted by Crippen LogP contribution is 2.38. The van der Waals surface area contributed by atoms with Gasteiger partial charge in [-0.3, -0.25) is 19.4 Å². The van der Waals surface area contributed by atoms with E-state index in [1.54, 1.807) is 61.2 Å². The third-order valence-corrected chi connectivity index (χ3v) is 16.4. The maximum atomic E-state index is 12.1. The van der Waals surface area contributed by atoms with Gasteiger partial charge in [-0.2, -0.15) is 0 Å². The Morgan fingerprint density at radius 2 is 1.24 bits per heavy atom. The first-order chi connectivity index (χ1) is 35.8. The van der Waals surface area contributed by atoms with Crippen molar-refractivity contribution >= 4 is 74.5 Å². The summed E-state index contributed by atoms with van der Waals surface area (Å²) >= 11 is 12.0. The average molecular weight is 1180 g/mol. The highest BCUT2D eigenvalue weighted by molar-refractivity contribution is 14.2. The van der Waals surface area contributed by atoms with Crippen molar-refractivity contribution in [3.8, 4) is 34.1 Å². The second-order valence-electron chi connectivity index (χ2n) is 18.0. The minimum atomic E-state index is -1.78. The van der Waals surface area contributed by atoms with Crippen molar-refractivity contribution in [3.05, 3.63) is 161 Å². The summed E-state index contributed by atoms with van der Waals surface area (Å²) in [6.45, 7) is 11.8. The monoisotopic (exact) mass is 1180 g/mol. The van der Waals surface area contributed by atoms with Gasteiger partial charge in [0.05, 0.1) is 10.0 Å². The molecule has 14 nitrogen and oxygen atoms in total. The number of aliphatic carboxylic acids is 2. The number of carbonyl (C=O) groups is 2. The van der Waals surface area contributed by atoms with Gasteiger partial charge in [-0.05, 0) is 143 Å². The molecule has 2 atom stereocenters. The van der Waals surface area contributed by atoms with Crippen LogP contribution in [0.1, 0.15) is 60.1 Å². The Kier molecular flexibility index (Phi) is 22.9. The van der Waals surface area contributed by atoms with Crippen LogP contribution >= 0.6 is 42.1 Å². The quantitative estimate of drug-likeness (QED) is 0.0171. The molecule has 400 valence electrons. The Morgan fingerprint density at radius 3 is 1.67 bits per heavy atom. The standard InChI is InChI=1S/C58H67Cl2IN4O10/c1-9-39(22-42(10-2)38(5)63)32-72-53-25-55(49(59)23-45(53)30-64(7)51(17-19-66)57(68)69)74-34-43-13-11-15-47(36(43)3)48-16-12-14-44(37(48)4)35-75-56-26-54(73-33-41-21-40(29-62)27-61(6)28-41)46(24-50(56)60)31-65(8)52(18-20-67)58(70)71/h9-16,21-29,51-52,62-63,66-67H,1,6,17-20,30-35H2,2-5,7-8H3,(H,68,69)(H,70,71)/b39-22+,42-10+,62-29?,63-38?/t51-,52-/m0/s1. The molecule has 0 amide bonds. The zero-order valence-corrected chi connectivity index (χ0v) is 46.9. The first kappa shape index (κ1) is 59.8. The van der Waals surface area contributed by atoms with Gasteiger partial charge in [0.2, 0.25) is 0 Å². The third-order valence-electron chi connectivity index (χ3n) is 12.7. The molecule has 0 unspecified atom stereocenters. The van der Waals surface area contributed by atoms with Crippen molar-refractivity contribution in [1.29, 1.82) is 10.8 Å². The van der Waals surface area contributed by atoms with E-state index in [0.717, 1.165) is 44.5 Å². The lowest BCUT2D eigenvalue weighted by molar-refractivity contribution is -0.144. The van der Waals surface area contributed by atoms with E-state index < -0.39 is 42.9 Å². The van der Waals surface area contributed by atoms with Crippen molar-refractivity contribution in [2.24, 2.45) is 0 Å². The van der Waals surface area contributed by atoms with Gasteiger partial charge >= 0.3 is 11.9 Å². The minimum absolute atomic E-state index is 0.0308. The van der Waals surface area contributed by atoms with E-state index in [1.165, 1.54) is 6.21 Å². The van der Waals surface area contributed by atoms with Crippen LogP contribution in [0, 0.1) is 24.7 Å². The zero-order valence-electron chi connectivity index (χ0n) is 43.2. The molecule has 0 radical (unpaired) electrons. The number of ether oxygens (including phenoxy) is 4. The van der Waals surface area contributed by atoms with Gasteiger partial charge in [-0.25, -0.2) is 0 Å². The average Bonchev–Trinajstić information content (AvgIpc) is 3.37. The lowest BCUT2D eigenvalue weighted by Gasteiger charge is -2.25. The summed E-state index contributed by atoms with van der Waals surface area (Å²) in [5.41, 5.74) is 10.5. The number of hydrogen-bond acceptors (Lipinski definition) is 12. The maximum absolute atomic E-state index is 12.1. The topological polar surface area (TPSA) is 206 Å². The summed E-state index contributed by atoms with van der Waals surface area (Å²) in [6.07, 6.45) is 8.57. The van der Waals surface area contributed by atoms with Crippen LogP contribution in [-0.4, -0.2) is 115 Å². The van der Waals surface area contributed by atoms with Crippen LogP contribution in [0.15, 0.2) is 118 Å². The molecule has 0 bridgehead atoms. The molecule has 4 aromatic carbocycles. The van der Waals surface area contributed by atoms with Crippen molar-refractivity contribution < 1.29 is 49.0 Å². The van der Waals surface area contributed by atoms with Crippen LogP contribution in [0.3, 0.4) is 0 Å². The van der Waals surface area contributed by atoms with Gasteiger partial charge < -0.3 is 50.2 Å². The number of nitrogens with one attached hydrogen (secondary N) is 2. The van der Waals surface area contributed by atoms with E-state index >= 15 is 0 Å². The zero-order chi connectivity index (χ0) is 54.9. The molecule has 4 aromatic rings. The molecule has 0 aromatic heterocycles. The number of allylic oxidation sites excluding steroid dienone is 4. The highest BCUT2D eigenvalue weighted by atomic mass is 127. The molecular formula is C58H67Cl2IN4O10. The van der Waals surface area contributed by atoms with Gasteiger partial charge in [0.25, 0.3) is 0 Å². The fraction of sp³-hybridized carbons (Fsp3) is 0.310. The summed E-state index contributed by atoms with van der Waals surface area (Å²) in [5.74, 6) is -0.548. The van der Waals surface area contributed by atoms with Crippen LogP contribution in [-0.2, 0) is 35.9 Å². The summed E-state index contributed by atoms with van der Waals surface area (Å²) in [7, 11) is 3.33. The second kappa shape index (κ2) is 28.7. The van der Waals surface area contributed by atoms with Gasteiger partial charge in [-0.15, -0.1) is 18.9 Å². The van der Waals surface area contributed by atoms with Gasteiger partial charge in [0.1, 0.15) is 61.5 Å². The van der Waals surface area contributed by atoms with E-state index in [0.29, 0.717) is 61.0 Å². The minimum Gasteiger partial charge on any atom is -0.488 e. The van der Waals surface area contributed by atoms with E-state index in [1.807, 2.05) is 79.4 Å². The number of hydrogen-bond donors (Lipinski definition) is 6. The van der Waals surface area contributed by atoms with Crippen LogP contribution < -0.4 is 18.9 Å². The molecule has 0 fully saturated rings. The maximum Gasteiger partial charge on any atom is 0.321 e. The number of carboxylic acids is 2. The van der Waals surface area contributed by atoms with Gasteiger partial charge in [0, 0.05) is 61.5 Å². The number of halogens is 3. The van der Waals surface area contributed by atoms with Crippen LogP contribution in [0.2, 0.25) is 10.0 Å². The van der Waals surface area contributed by atoms with Crippen molar-refractivity contribution in [2.45, 2.75) is 78.9 Å². The Morgan fingerprint density at radius 1 is 0.760 bits per heavy atom. The number of aliphatic hydroxyl groups excluding tert-OH is 2. The van der Waals surface area contributed by atoms with E-state index in [4.69, 9.17) is 53.0 Å². The second-order valence-corrected chi connectivity index (χ2v) is 22.5. The van der Waals surface area contributed by atoms with Crippen molar-refractivity contribution in [3.63, 3.8) is 0 Å². The third kappa shape index (κ3) is 16.5. The van der Waals surface area contributed by atoms with Gasteiger partial charge in [-0.1, -0.05) is 82.8 Å². The highest BCUT2D eigenvalue weighted by Gasteiger charge is 2.26. The fourth-order valence-corrected chi connectivity index (χ4v) is 11.7. The summed E-state index contributed by atoms with van der Waals surface area (Å²) < 4.78 is 34.1.